The van der Waals surface area contributed by atoms with Crippen molar-refractivity contribution in [3.8, 4) is 0 Å². The summed E-state index contributed by atoms with van der Waals surface area (Å²) in [6.07, 6.45) is 1.03. The van der Waals surface area contributed by atoms with E-state index in [4.69, 9.17) is 0 Å². The Morgan fingerprint density at radius 3 is 2.62 bits per heavy atom. The lowest BCUT2D eigenvalue weighted by Crippen LogP contribution is -2.57. The lowest BCUT2D eigenvalue weighted by Gasteiger charge is -2.41. The van der Waals surface area contributed by atoms with Gasteiger partial charge in [-0.1, -0.05) is 37.3 Å². The Bertz CT molecular complexity index is 377. The third-order valence-electron chi connectivity index (χ3n) is 3.53. The molecule has 86 valence electrons. The van der Waals surface area contributed by atoms with E-state index >= 15 is 0 Å². The fraction of sp³-hybridized carbons (Fsp3) is 0.462. The second-order valence-corrected chi connectivity index (χ2v) is 4.51. The SMILES string of the molecule is CC[C@]1(c2ccccc2)CNC(=O)N(C)C1. The van der Waals surface area contributed by atoms with Gasteiger partial charge in [0.25, 0.3) is 0 Å². The molecule has 0 radical (unpaired) electrons. The minimum absolute atomic E-state index is 0.0278. The van der Waals surface area contributed by atoms with Crippen LogP contribution in [-0.2, 0) is 5.41 Å². The lowest BCUT2D eigenvalue weighted by molar-refractivity contribution is 0.166. The number of benzene rings is 1. The first-order chi connectivity index (χ1) is 7.68. The van der Waals surface area contributed by atoms with Crippen LogP contribution in [0, 0.1) is 0 Å². The predicted octanol–water partition coefficient (Wildman–Crippen LogP) is 1.99. The quantitative estimate of drug-likeness (QED) is 0.809. The van der Waals surface area contributed by atoms with E-state index in [2.05, 4.69) is 36.5 Å². The standard InChI is InChI=1S/C13H18N2O/c1-3-13(11-7-5-4-6-8-11)9-14-12(16)15(2)10-13/h4-8H,3,9-10H2,1-2H3,(H,14,16)/t13-/m0/s1. The Morgan fingerprint density at radius 2 is 2.06 bits per heavy atom. The van der Waals surface area contributed by atoms with Gasteiger partial charge >= 0.3 is 6.03 Å². The number of carbonyl (C=O) groups excluding carboxylic acids is 1. The van der Waals surface area contributed by atoms with Crippen molar-refractivity contribution in [2.45, 2.75) is 18.8 Å². The third kappa shape index (κ3) is 1.77. The highest BCUT2D eigenvalue weighted by atomic mass is 16.2. The fourth-order valence-corrected chi connectivity index (χ4v) is 2.39. The maximum absolute atomic E-state index is 11.4. The van der Waals surface area contributed by atoms with Gasteiger partial charge in [-0.05, 0) is 12.0 Å². The molecule has 0 aromatic heterocycles. The first-order valence-corrected chi connectivity index (χ1v) is 5.72. The van der Waals surface area contributed by atoms with E-state index in [-0.39, 0.29) is 11.4 Å². The number of hydrogen-bond acceptors (Lipinski definition) is 1. The van der Waals surface area contributed by atoms with Crippen molar-refractivity contribution in [1.82, 2.24) is 10.2 Å². The molecule has 0 aliphatic carbocycles. The first-order valence-electron chi connectivity index (χ1n) is 5.72. The Labute approximate surface area is 96.5 Å². The Morgan fingerprint density at radius 1 is 1.38 bits per heavy atom. The van der Waals surface area contributed by atoms with Crippen molar-refractivity contribution in [2.24, 2.45) is 0 Å². The maximum atomic E-state index is 11.4. The van der Waals surface area contributed by atoms with Gasteiger partial charge in [0, 0.05) is 25.6 Å². The number of rotatable bonds is 2. The molecule has 2 amide bonds. The zero-order valence-corrected chi connectivity index (χ0v) is 9.86. The summed E-state index contributed by atoms with van der Waals surface area (Å²) in [5.41, 5.74) is 1.37. The second-order valence-electron chi connectivity index (χ2n) is 4.51. The van der Waals surface area contributed by atoms with E-state index in [9.17, 15) is 4.79 Å². The van der Waals surface area contributed by atoms with Crippen LogP contribution >= 0.6 is 0 Å². The van der Waals surface area contributed by atoms with Crippen LogP contribution in [0.3, 0.4) is 0 Å². The molecule has 3 nitrogen and oxygen atoms in total. The van der Waals surface area contributed by atoms with Gasteiger partial charge in [-0.2, -0.15) is 0 Å². The summed E-state index contributed by atoms with van der Waals surface area (Å²) in [5.74, 6) is 0. The Kier molecular flexibility index (Phi) is 2.86. The molecule has 1 aliphatic rings. The molecule has 1 heterocycles. The summed E-state index contributed by atoms with van der Waals surface area (Å²) < 4.78 is 0. The average Bonchev–Trinajstić information content (AvgIpc) is 2.34. The van der Waals surface area contributed by atoms with Crippen molar-refractivity contribution in [3.05, 3.63) is 35.9 Å². The van der Waals surface area contributed by atoms with Crippen LogP contribution in [0.5, 0.6) is 0 Å². The number of likely N-dealkylation sites (N-methyl/N-ethyl adjacent to an activating group) is 1. The van der Waals surface area contributed by atoms with E-state index < -0.39 is 0 Å². The topological polar surface area (TPSA) is 32.3 Å². The number of nitrogens with zero attached hydrogens (tertiary/aromatic N) is 1. The zero-order valence-electron chi connectivity index (χ0n) is 9.86. The lowest BCUT2D eigenvalue weighted by atomic mass is 9.76. The van der Waals surface area contributed by atoms with Gasteiger partial charge in [0.1, 0.15) is 0 Å². The summed E-state index contributed by atoms with van der Waals surface area (Å²) >= 11 is 0. The minimum atomic E-state index is 0.0278. The number of hydrogen-bond donors (Lipinski definition) is 1. The van der Waals surface area contributed by atoms with Gasteiger partial charge in [-0.15, -0.1) is 0 Å². The smallest absolute Gasteiger partial charge is 0.317 e. The van der Waals surface area contributed by atoms with Crippen molar-refractivity contribution in [2.75, 3.05) is 20.1 Å². The van der Waals surface area contributed by atoms with Crippen LogP contribution in [0.2, 0.25) is 0 Å². The molecule has 0 unspecified atom stereocenters. The monoisotopic (exact) mass is 218 g/mol. The molecule has 1 saturated heterocycles. The van der Waals surface area contributed by atoms with Crippen molar-refractivity contribution in [3.63, 3.8) is 0 Å². The summed E-state index contributed by atoms with van der Waals surface area (Å²) in [6, 6.07) is 10.5. The number of amides is 2. The third-order valence-corrected chi connectivity index (χ3v) is 3.53. The summed E-state index contributed by atoms with van der Waals surface area (Å²) in [7, 11) is 1.85. The molecule has 3 heteroatoms. The molecule has 0 saturated carbocycles. The highest BCUT2D eigenvalue weighted by molar-refractivity contribution is 5.75. The largest absolute Gasteiger partial charge is 0.337 e. The molecule has 1 aromatic carbocycles. The zero-order chi connectivity index (χ0) is 11.6. The molecule has 0 spiro atoms. The normalized spacial score (nSPS) is 25.4. The summed E-state index contributed by atoms with van der Waals surface area (Å²) in [4.78, 5) is 13.2. The highest BCUT2D eigenvalue weighted by Crippen LogP contribution is 2.30. The van der Waals surface area contributed by atoms with Gasteiger partial charge in [0.2, 0.25) is 0 Å². The van der Waals surface area contributed by atoms with Gasteiger partial charge in [-0.25, -0.2) is 4.79 Å². The summed E-state index contributed by atoms with van der Waals surface area (Å²) in [5, 5.41) is 2.96. The van der Waals surface area contributed by atoms with Crippen LogP contribution in [0.25, 0.3) is 0 Å². The van der Waals surface area contributed by atoms with Crippen LogP contribution in [0.4, 0.5) is 4.79 Å². The van der Waals surface area contributed by atoms with E-state index in [0.29, 0.717) is 0 Å². The van der Waals surface area contributed by atoms with Crippen LogP contribution in [0.15, 0.2) is 30.3 Å². The second kappa shape index (κ2) is 4.16. The molecule has 0 bridgehead atoms. The van der Waals surface area contributed by atoms with E-state index in [1.54, 1.807) is 4.90 Å². The van der Waals surface area contributed by atoms with Crippen molar-refractivity contribution >= 4 is 6.03 Å². The van der Waals surface area contributed by atoms with Crippen LogP contribution in [-0.4, -0.2) is 31.1 Å². The van der Waals surface area contributed by atoms with Gasteiger partial charge in [0.15, 0.2) is 0 Å². The molecular formula is C13H18N2O. The number of nitrogens with one attached hydrogen (secondary N) is 1. The van der Waals surface area contributed by atoms with E-state index in [1.807, 2.05) is 13.1 Å². The summed E-state index contributed by atoms with van der Waals surface area (Å²) in [6.45, 7) is 3.70. The molecule has 1 N–H and O–H groups in total. The maximum Gasteiger partial charge on any atom is 0.317 e. The molecule has 1 aromatic rings. The van der Waals surface area contributed by atoms with Crippen LogP contribution in [0.1, 0.15) is 18.9 Å². The molecule has 1 fully saturated rings. The molecular weight excluding hydrogens is 200 g/mol. The van der Waals surface area contributed by atoms with Crippen LogP contribution < -0.4 is 5.32 Å². The number of carbonyl (C=O) groups is 1. The minimum Gasteiger partial charge on any atom is -0.337 e. The highest BCUT2D eigenvalue weighted by Gasteiger charge is 2.37. The molecule has 16 heavy (non-hydrogen) atoms. The predicted molar refractivity (Wildman–Crippen MR) is 64.4 cm³/mol. The molecule has 1 atom stereocenters. The molecule has 1 aliphatic heterocycles. The van der Waals surface area contributed by atoms with Crippen molar-refractivity contribution < 1.29 is 4.79 Å². The average molecular weight is 218 g/mol. The van der Waals surface area contributed by atoms with Gasteiger partial charge in [-0.3, -0.25) is 0 Å². The van der Waals surface area contributed by atoms with E-state index in [0.717, 1.165) is 19.5 Å². The van der Waals surface area contributed by atoms with E-state index in [1.165, 1.54) is 5.56 Å². The molecule has 2 rings (SSSR count). The Balaban J connectivity index is 2.30. The number of urea groups is 1. The first kappa shape index (κ1) is 11.0. The van der Waals surface area contributed by atoms with Gasteiger partial charge in [0.05, 0.1) is 0 Å². The Hall–Kier alpha value is -1.51. The van der Waals surface area contributed by atoms with Gasteiger partial charge < -0.3 is 10.2 Å². The van der Waals surface area contributed by atoms with Crippen molar-refractivity contribution in [1.29, 1.82) is 0 Å². The fourth-order valence-electron chi connectivity index (χ4n) is 2.39.